The summed E-state index contributed by atoms with van der Waals surface area (Å²) in [5, 5.41) is 0. The molecule has 0 spiro atoms. The first-order chi connectivity index (χ1) is 23.9. The van der Waals surface area contributed by atoms with E-state index < -0.39 is 0 Å². The number of ether oxygens (including phenoxy) is 6. The molecule has 0 radical (unpaired) electrons. The SMILES string of the molecule is COC1=CN2C(=O)c3cc(OC)c(OCCCOc4cc5c(cc4OC)C(=O)N4C=C(c6ccc(OC)cc6)C[C@@H]4C=N5)cc3N=C[C@@H]2C1. The number of methoxy groups -OCH3 is 4. The first kappa shape index (κ1) is 31.8. The Morgan fingerprint density at radius 3 is 1.73 bits per heavy atom. The van der Waals surface area contributed by atoms with Gasteiger partial charge in [0.15, 0.2) is 23.0 Å². The maximum atomic E-state index is 13.7. The Kier molecular flexibility index (Phi) is 8.68. The van der Waals surface area contributed by atoms with Crippen molar-refractivity contribution in [2.75, 3.05) is 41.7 Å². The van der Waals surface area contributed by atoms with E-state index in [1.165, 1.54) is 14.2 Å². The summed E-state index contributed by atoms with van der Waals surface area (Å²) in [4.78, 5) is 39.6. The van der Waals surface area contributed by atoms with Gasteiger partial charge in [-0.05, 0) is 35.4 Å². The molecule has 0 unspecified atom stereocenters. The van der Waals surface area contributed by atoms with Crippen LogP contribution in [0.2, 0.25) is 0 Å². The van der Waals surface area contributed by atoms with Crippen molar-refractivity contribution >= 4 is 41.2 Å². The average molecular weight is 665 g/mol. The second kappa shape index (κ2) is 13.4. The molecule has 0 saturated heterocycles. The first-order valence-corrected chi connectivity index (χ1v) is 15.9. The molecule has 4 aliphatic rings. The van der Waals surface area contributed by atoms with Gasteiger partial charge in [0.25, 0.3) is 11.8 Å². The molecule has 3 aromatic carbocycles. The normalized spacial score (nSPS) is 18.8. The van der Waals surface area contributed by atoms with Crippen LogP contribution in [-0.2, 0) is 4.74 Å². The minimum atomic E-state index is -0.205. The van der Waals surface area contributed by atoms with Crippen molar-refractivity contribution in [2.24, 2.45) is 9.98 Å². The molecular formula is C37H36N4O8. The molecule has 12 nitrogen and oxygen atoms in total. The van der Waals surface area contributed by atoms with Crippen LogP contribution in [-0.4, -0.2) is 87.8 Å². The molecule has 0 N–H and O–H groups in total. The summed E-state index contributed by atoms with van der Waals surface area (Å²) >= 11 is 0. The van der Waals surface area contributed by atoms with Crippen LogP contribution in [0.1, 0.15) is 45.5 Å². The number of nitrogens with zero attached hydrogens (tertiary/aromatic N) is 4. The van der Waals surface area contributed by atoms with Crippen LogP contribution in [0.25, 0.3) is 5.57 Å². The van der Waals surface area contributed by atoms with Crippen molar-refractivity contribution in [1.29, 1.82) is 0 Å². The summed E-state index contributed by atoms with van der Waals surface area (Å²) in [6.07, 6.45) is 8.92. The minimum Gasteiger partial charge on any atom is -0.499 e. The predicted octanol–water partition coefficient (Wildman–Crippen LogP) is 5.95. The third-order valence-electron chi connectivity index (χ3n) is 8.92. The Hall–Kier alpha value is -5.78. The molecule has 0 aliphatic carbocycles. The minimum absolute atomic E-state index is 0.156. The number of hydrogen-bond acceptors (Lipinski definition) is 10. The molecule has 12 heteroatoms. The van der Waals surface area contributed by atoms with Gasteiger partial charge in [-0.25, -0.2) is 0 Å². The van der Waals surface area contributed by atoms with Gasteiger partial charge in [0.05, 0.1) is 76.2 Å². The van der Waals surface area contributed by atoms with Gasteiger partial charge in [-0.3, -0.25) is 19.6 Å². The number of rotatable bonds is 11. The standard InChI is InChI=1S/C37H36N4O8/c1-44-26-8-6-22(7-9-26)23-12-24-18-38-30-16-34(32(46-3)14-28(30)36(42)40(24)20-23)48-10-5-11-49-35-17-31-29(15-33(35)47-4)37(43)41-21-27(45-2)13-25(41)19-39-31/h6-9,14-21,24-25H,5,10-13H2,1-4H3/t24-,25+/m1/s1. The fraction of sp³-hybridized carbons (Fsp3) is 0.297. The van der Waals surface area contributed by atoms with Crippen molar-refractivity contribution in [1.82, 2.24) is 9.80 Å². The number of amides is 2. The summed E-state index contributed by atoms with van der Waals surface area (Å²) in [6, 6.07) is 14.2. The monoisotopic (exact) mass is 664 g/mol. The van der Waals surface area contributed by atoms with E-state index >= 15 is 0 Å². The van der Waals surface area contributed by atoms with Crippen LogP contribution >= 0.6 is 0 Å². The molecule has 3 aromatic rings. The second-order valence-electron chi connectivity index (χ2n) is 11.8. The fourth-order valence-corrected chi connectivity index (χ4v) is 6.28. The molecule has 252 valence electrons. The predicted molar refractivity (Wildman–Crippen MR) is 183 cm³/mol. The van der Waals surface area contributed by atoms with Crippen molar-refractivity contribution < 1.29 is 38.0 Å². The van der Waals surface area contributed by atoms with E-state index in [1.807, 2.05) is 36.7 Å². The quantitative estimate of drug-likeness (QED) is 0.231. The highest BCUT2D eigenvalue weighted by Crippen LogP contribution is 2.41. The van der Waals surface area contributed by atoms with E-state index in [0.29, 0.717) is 78.0 Å². The third kappa shape index (κ3) is 6.05. The average Bonchev–Trinajstić information content (AvgIpc) is 3.71. The molecule has 2 amide bonds. The lowest BCUT2D eigenvalue weighted by molar-refractivity contribution is 0.0809. The highest BCUT2D eigenvalue weighted by molar-refractivity contribution is 6.06. The fourth-order valence-electron chi connectivity index (χ4n) is 6.28. The Morgan fingerprint density at radius 2 is 1.20 bits per heavy atom. The number of aliphatic imine (C=N–C) groups is 2. The van der Waals surface area contributed by atoms with E-state index in [2.05, 4.69) is 9.98 Å². The Balaban J connectivity index is 0.999. The zero-order valence-corrected chi connectivity index (χ0v) is 27.7. The summed E-state index contributed by atoms with van der Waals surface area (Å²) in [5.74, 6) is 2.98. The second-order valence-corrected chi connectivity index (χ2v) is 11.8. The molecule has 4 heterocycles. The summed E-state index contributed by atoms with van der Waals surface area (Å²) in [6.45, 7) is 0.620. The molecule has 4 aliphatic heterocycles. The topological polar surface area (TPSA) is 121 Å². The highest BCUT2D eigenvalue weighted by Gasteiger charge is 2.35. The smallest absolute Gasteiger partial charge is 0.260 e. The van der Waals surface area contributed by atoms with Crippen molar-refractivity contribution in [2.45, 2.75) is 31.3 Å². The lowest BCUT2D eigenvalue weighted by Crippen LogP contribution is -2.32. The molecule has 0 fully saturated rings. The molecule has 49 heavy (non-hydrogen) atoms. The number of carbonyl (C=O) groups is 2. The zero-order valence-electron chi connectivity index (χ0n) is 27.7. The van der Waals surface area contributed by atoms with Gasteiger partial charge in [0, 0.05) is 56.2 Å². The van der Waals surface area contributed by atoms with E-state index in [4.69, 9.17) is 28.4 Å². The van der Waals surface area contributed by atoms with Crippen molar-refractivity contribution in [3.8, 4) is 28.7 Å². The molecule has 0 bridgehead atoms. The summed E-state index contributed by atoms with van der Waals surface area (Å²) in [5.41, 5.74) is 3.97. The van der Waals surface area contributed by atoms with Crippen LogP contribution in [0, 0.1) is 0 Å². The van der Waals surface area contributed by atoms with Crippen LogP contribution < -0.4 is 23.7 Å². The van der Waals surface area contributed by atoms with Crippen molar-refractivity contribution in [3.05, 3.63) is 83.4 Å². The number of carbonyl (C=O) groups excluding carboxylic acids is 2. The first-order valence-electron chi connectivity index (χ1n) is 15.9. The number of hydrogen-bond donors (Lipinski definition) is 0. The highest BCUT2D eigenvalue weighted by atomic mass is 16.5. The summed E-state index contributed by atoms with van der Waals surface area (Å²) < 4.78 is 33.9. The zero-order chi connectivity index (χ0) is 34.1. The largest absolute Gasteiger partial charge is 0.499 e. The van der Waals surface area contributed by atoms with Crippen LogP contribution in [0.15, 0.2) is 76.7 Å². The Morgan fingerprint density at radius 1 is 0.653 bits per heavy atom. The van der Waals surface area contributed by atoms with Crippen LogP contribution in [0.3, 0.4) is 0 Å². The Bertz CT molecular complexity index is 1920. The maximum absolute atomic E-state index is 13.7. The summed E-state index contributed by atoms with van der Waals surface area (Å²) in [7, 11) is 6.29. The maximum Gasteiger partial charge on any atom is 0.260 e. The Labute approximate surface area is 283 Å². The molecule has 0 saturated carbocycles. The van der Waals surface area contributed by atoms with Gasteiger partial charge in [-0.2, -0.15) is 0 Å². The molecular weight excluding hydrogens is 628 g/mol. The van der Waals surface area contributed by atoms with Gasteiger partial charge in [-0.1, -0.05) is 12.1 Å². The third-order valence-corrected chi connectivity index (χ3v) is 8.92. The molecule has 7 rings (SSSR count). The lowest BCUT2D eigenvalue weighted by Gasteiger charge is -2.19. The van der Waals surface area contributed by atoms with Gasteiger partial charge in [0.1, 0.15) is 11.5 Å². The number of fused-ring (bicyclic) bond motifs is 4. The molecule has 2 atom stereocenters. The number of benzene rings is 3. The van der Waals surface area contributed by atoms with Gasteiger partial charge in [0.2, 0.25) is 0 Å². The van der Waals surface area contributed by atoms with Crippen molar-refractivity contribution in [3.63, 3.8) is 0 Å². The van der Waals surface area contributed by atoms with Gasteiger partial charge < -0.3 is 38.2 Å². The van der Waals surface area contributed by atoms with E-state index in [-0.39, 0.29) is 23.9 Å². The van der Waals surface area contributed by atoms with Crippen LogP contribution in [0.5, 0.6) is 28.7 Å². The van der Waals surface area contributed by atoms with Gasteiger partial charge in [-0.15, -0.1) is 0 Å². The van der Waals surface area contributed by atoms with E-state index in [9.17, 15) is 9.59 Å². The molecule has 0 aromatic heterocycles. The van der Waals surface area contributed by atoms with E-state index in [0.717, 1.165) is 22.6 Å². The van der Waals surface area contributed by atoms with E-state index in [1.54, 1.807) is 60.7 Å². The van der Waals surface area contributed by atoms with Crippen LogP contribution in [0.4, 0.5) is 11.4 Å². The lowest BCUT2D eigenvalue weighted by atomic mass is 10.0. The van der Waals surface area contributed by atoms with Gasteiger partial charge >= 0.3 is 0 Å².